The first kappa shape index (κ1) is 17.7. The van der Waals surface area contributed by atoms with Gasteiger partial charge in [0, 0.05) is 43.9 Å². The summed E-state index contributed by atoms with van der Waals surface area (Å²) < 4.78 is 26.7. The molecule has 2 aromatic carbocycles. The molecule has 0 aliphatic carbocycles. The van der Waals surface area contributed by atoms with E-state index in [9.17, 15) is 28.6 Å². The van der Waals surface area contributed by atoms with E-state index in [0.717, 1.165) is 18.2 Å². The molecule has 136 valence electrons. The Bertz CT molecular complexity index is 844. The van der Waals surface area contributed by atoms with Crippen LogP contribution < -0.4 is 0 Å². The number of nitrogens with zero attached hydrogens (tertiary/aromatic N) is 2. The van der Waals surface area contributed by atoms with Crippen LogP contribution in [0.15, 0.2) is 36.4 Å². The number of benzene rings is 2. The van der Waals surface area contributed by atoms with Gasteiger partial charge in [-0.05, 0) is 24.3 Å². The summed E-state index contributed by atoms with van der Waals surface area (Å²) in [6.07, 6.45) is 0. The van der Waals surface area contributed by atoms with Gasteiger partial charge >= 0.3 is 0 Å². The van der Waals surface area contributed by atoms with Crippen LogP contribution in [-0.4, -0.2) is 58.0 Å². The minimum atomic E-state index is -0.927. The maximum absolute atomic E-state index is 13.8. The van der Waals surface area contributed by atoms with E-state index in [0.29, 0.717) is 6.07 Å². The minimum Gasteiger partial charge on any atom is -0.508 e. The van der Waals surface area contributed by atoms with E-state index in [1.54, 1.807) is 0 Å². The van der Waals surface area contributed by atoms with Gasteiger partial charge in [0.05, 0.1) is 5.56 Å². The molecule has 8 heteroatoms. The van der Waals surface area contributed by atoms with E-state index in [1.807, 2.05) is 0 Å². The lowest BCUT2D eigenvalue weighted by molar-refractivity contribution is 0.0532. The van der Waals surface area contributed by atoms with E-state index in [2.05, 4.69) is 0 Å². The van der Waals surface area contributed by atoms with Gasteiger partial charge < -0.3 is 20.0 Å². The highest BCUT2D eigenvalue weighted by Gasteiger charge is 2.27. The second kappa shape index (κ2) is 6.99. The molecule has 0 spiro atoms. The number of carbonyl (C=O) groups excluding carboxylic acids is 2. The van der Waals surface area contributed by atoms with Crippen LogP contribution in [0.2, 0.25) is 0 Å². The second-order valence-corrected chi connectivity index (χ2v) is 5.95. The molecule has 2 amide bonds. The van der Waals surface area contributed by atoms with Crippen molar-refractivity contribution in [2.45, 2.75) is 0 Å². The Hall–Kier alpha value is -3.16. The van der Waals surface area contributed by atoms with Crippen LogP contribution in [0.5, 0.6) is 11.5 Å². The zero-order valence-electron chi connectivity index (χ0n) is 13.7. The first-order valence-electron chi connectivity index (χ1n) is 7.92. The lowest BCUT2D eigenvalue weighted by Gasteiger charge is -2.35. The van der Waals surface area contributed by atoms with Gasteiger partial charge in [0.25, 0.3) is 11.8 Å². The van der Waals surface area contributed by atoms with Crippen LogP contribution in [0.3, 0.4) is 0 Å². The highest BCUT2D eigenvalue weighted by molar-refractivity contribution is 5.96. The summed E-state index contributed by atoms with van der Waals surface area (Å²) in [5.41, 5.74) is -0.0871. The molecule has 3 rings (SSSR count). The summed E-state index contributed by atoms with van der Waals surface area (Å²) in [6, 6.07) is 6.37. The van der Waals surface area contributed by atoms with Gasteiger partial charge in [0.2, 0.25) is 0 Å². The van der Waals surface area contributed by atoms with Gasteiger partial charge in [-0.25, -0.2) is 8.78 Å². The topological polar surface area (TPSA) is 81.1 Å². The standard InChI is InChI=1S/C18H16F2N2O4/c19-12-1-2-15(16(20)9-12)18(26)22-5-3-21(4-6-22)17(25)11-7-13(23)10-14(24)8-11/h1-2,7-10,23-24H,3-6H2. The quantitative estimate of drug-likeness (QED) is 0.856. The molecule has 2 aromatic rings. The third-order valence-corrected chi connectivity index (χ3v) is 4.17. The van der Waals surface area contributed by atoms with Crippen LogP contribution in [0.4, 0.5) is 8.78 Å². The molecule has 1 aliphatic heterocycles. The largest absolute Gasteiger partial charge is 0.508 e. The van der Waals surface area contributed by atoms with E-state index in [-0.39, 0.29) is 48.8 Å². The molecule has 6 nitrogen and oxygen atoms in total. The molecule has 26 heavy (non-hydrogen) atoms. The summed E-state index contributed by atoms with van der Waals surface area (Å²) in [6.45, 7) is 0.798. The number of piperazine rings is 1. The van der Waals surface area contributed by atoms with Gasteiger partial charge in [0.15, 0.2) is 0 Å². The third kappa shape index (κ3) is 3.58. The highest BCUT2D eigenvalue weighted by atomic mass is 19.1. The van der Waals surface area contributed by atoms with Crippen LogP contribution in [-0.2, 0) is 0 Å². The molecule has 1 heterocycles. The van der Waals surface area contributed by atoms with E-state index in [4.69, 9.17) is 0 Å². The highest BCUT2D eigenvalue weighted by Crippen LogP contribution is 2.22. The number of rotatable bonds is 2. The molecule has 0 atom stereocenters. The SMILES string of the molecule is O=C(c1cc(O)cc(O)c1)N1CCN(C(=O)c2ccc(F)cc2F)CC1. The zero-order chi connectivity index (χ0) is 18.8. The van der Waals surface area contributed by atoms with Crippen LogP contribution in [0.25, 0.3) is 0 Å². The number of aromatic hydroxyl groups is 2. The minimum absolute atomic E-state index is 0.131. The average molecular weight is 362 g/mol. The maximum Gasteiger partial charge on any atom is 0.256 e. The fraction of sp³-hybridized carbons (Fsp3) is 0.222. The Morgan fingerprint density at radius 3 is 1.88 bits per heavy atom. The lowest BCUT2D eigenvalue weighted by atomic mass is 10.1. The number of hydrogen-bond acceptors (Lipinski definition) is 4. The van der Waals surface area contributed by atoms with Gasteiger partial charge in [-0.1, -0.05) is 0 Å². The Balaban J connectivity index is 1.67. The summed E-state index contributed by atoms with van der Waals surface area (Å²) in [4.78, 5) is 27.7. The number of phenolic OH excluding ortho intramolecular Hbond substituents is 2. The number of carbonyl (C=O) groups is 2. The smallest absolute Gasteiger partial charge is 0.256 e. The van der Waals surface area contributed by atoms with E-state index < -0.39 is 23.4 Å². The van der Waals surface area contributed by atoms with Gasteiger partial charge in [-0.3, -0.25) is 9.59 Å². The average Bonchev–Trinajstić information content (AvgIpc) is 2.60. The first-order valence-corrected chi connectivity index (χ1v) is 7.92. The molecule has 0 aromatic heterocycles. The number of hydrogen-bond donors (Lipinski definition) is 2. The molecule has 0 unspecified atom stereocenters. The lowest BCUT2D eigenvalue weighted by Crippen LogP contribution is -2.50. The van der Waals surface area contributed by atoms with Crippen molar-refractivity contribution >= 4 is 11.8 Å². The Kier molecular flexibility index (Phi) is 4.75. The van der Waals surface area contributed by atoms with Crippen molar-refractivity contribution in [1.29, 1.82) is 0 Å². The van der Waals surface area contributed by atoms with Gasteiger partial charge in [-0.2, -0.15) is 0 Å². The molecule has 1 aliphatic rings. The third-order valence-electron chi connectivity index (χ3n) is 4.17. The molecule has 0 bridgehead atoms. The summed E-state index contributed by atoms with van der Waals surface area (Å²) in [5, 5.41) is 19.0. The van der Waals surface area contributed by atoms with Crippen LogP contribution in [0.1, 0.15) is 20.7 Å². The molecule has 1 saturated heterocycles. The predicted octanol–water partition coefficient (Wildman–Crippen LogP) is 1.97. The molecular formula is C18H16F2N2O4. The Morgan fingerprint density at radius 2 is 1.35 bits per heavy atom. The number of halogens is 2. The van der Waals surface area contributed by atoms with Crippen molar-refractivity contribution in [3.8, 4) is 11.5 Å². The molecule has 0 saturated carbocycles. The molecule has 1 fully saturated rings. The van der Waals surface area contributed by atoms with Crippen molar-refractivity contribution < 1.29 is 28.6 Å². The van der Waals surface area contributed by atoms with Crippen molar-refractivity contribution in [3.05, 3.63) is 59.2 Å². The van der Waals surface area contributed by atoms with Crippen molar-refractivity contribution in [2.24, 2.45) is 0 Å². The van der Waals surface area contributed by atoms with Crippen LogP contribution in [0, 0.1) is 11.6 Å². The summed E-state index contributed by atoms with van der Waals surface area (Å²) in [7, 11) is 0. The summed E-state index contributed by atoms with van der Waals surface area (Å²) >= 11 is 0. The normalized spacial score (nSPS) is 14.4. The van der Waals surface area contributed by atoms with Crippen LogP contribution >= 0.6 is 0 Å². The van der Waals surface area contributed by atoms with E-state index in [1.165, 1.54) is 21.9 Å². The number of phenols is 2. The zero-order valence-corrected chi connectivity index (χ0v) is 13.7. The summed E-state index contributed by atoms with van der Waals surface area (Å²) in [5.74, 6) is -3.10. The molecular weight excluding hydrogens is 346 g/mol. The second-order valence-electron chi connectivity index (χ2n) is 5.95. The van der Waals surface area contributed by atoms with Gasteiger partial charge in [-0.15, -0.1) is 0 Å². The molecule has 0 radical (unpaired) electrons. The fourth-order valence-corrected chi connectivity index (χ4v) is 2.85. The Labute approximate surface area is 147 Å². The number of amides is 2. The first-order chi connectivity index (χ1) is 12.3. The van der Waals surface area contributed by atoms with E-state index >= 15 is 0 Å². The fourth-order valence-electron chi connectivity index (χ4n) is 2.85. The maximum atomic E-state index is 13.8. The monoisotopic (exact) mass is 362 g/mol. The predicted molar refractivity (Wildman–Crippen MR) is 87.9 cm³/mol. The van der Waals surface area contributed by atoms with Crippen molar-refractivity contribution in [1.82, 2.24) is 9.80 Å². The van der Waals surface area contributed by atoms with Gasteiger partial charge in [0.1, 0.15) is 23.1 Å². The van der Waals surface area contributed by atoms with Crippen molar-refractivity contribution in [3.63, 3.8) is 0 Å². The van der Waals surface area contributed by atoms with Crippen molar-refractivity contribution in [2.75, 3.05) is 26.2 Å². The molecule has 2 N–H and O–H groups in total. The Morgan fingerprint density at radius 1 is 0.808 bits per heavy atom.